The normalized spacial score (nSPS) is 18.7. The van der Waals surface area contributed by atoms with Crippen molar-refractivity contribution < 1.29 is 9.53 Å². The Bertz CT molecular complexity index is 536. The second-order valence-corrected chi connectivity index (χ2v) is 5.37. The van der Waals surface area contributed by atoms with E-state index in [1.165, 1.54) is 6.08 Å². The molecule has 22 heavy (non-hydrogen) atoms. The Morgan fingerprint density at radius 3 is 2.77 bits per heavy atom. The van der Waals surface area contributed by atoms with Crippen LogP contribution in [0.5, 0.6) is 0 Å². The first-order valence-electron chi connectivity index (χ1n) is 7.58. The summed E-state index contributed by atoms with van der Waals surface area (Å²) in [6.07, 6.45) is 8.22. The zero-order valence-corrected chi connectivity index (χ0v) is 12.9. The monoisotopic (exact) mass is 297 g/mol. The molecular weight excluding hydrogens is 274 g/mol. The van der Waals surface area contributed by atoms with Gasteiger partial charge in [-0.3, -0.25) is 4.79 Å². The molecule has 0 radical (unpaired) electrons. The molecule has 0 fully saturated rings. The van der Waals surface area contributed by atoms with Crippen LogP contribution in [-0.2, 0) is 16.1 Å². The minimum Gasteiger partial charge on any atom is -0.376 e. The van der Waals surface area contributed by atoms with E-state index in [2.05, 4.69) is 19.2 Å². The number of rotatable bonds is 7. The summed E-state index contributed by atoms with van der Waals surface area (Å²) in [6.45, 7) is 9.25. The molecule has 0 unspecified atom stereocenters. The van der Waals surface area contributed by atoms with Crippen molar-refractivity contribution in [3.8, 4) is 0 Å². The molecule has 0 aliphatic carbocycles. The van der Waals surface area contributed by atoms with Gasteiger partial charge in [0.25, 0.3) is 0 Å². The highest BCUT2D eigenvalue weighted by Crippen LogP contribution is 2.22. The molecule has 1 aromatic rings. The summed E-state index contributed by atoms with van der Waals surface area (Å²) in [5.74, 6) is 0.0711. The largest absolute Gasteiger partial charge is 0.376 e. The van der Waals surface area contributed by atoms with E-state index < -0.39 is 0 Å². The molecule has 1 aromatic carbocycles. The molecule has 3 heteroatoms. The van der Waals surface area contributed by atoms with E-state index in [0.717, 1.165) is 12.0 Å². The molecule has 1 heterocycles. The van der Waals surface area contributed by atoms with Gasteiger partial charge in [0.05, 0.1) is 13.2 Å². The standard InChI is InChI=1S/C19H23NO2/c1-3-17(15-22-14-16-10-6-5-7-11-16)18-12-8-9-13-20(18)19(21)4-2/h3-11,17-18H,1-2,12-15H2/t17-,18-/m1/s1. The van der Waals surface area contributed by atoms with E-state index in [1.807, 2.05) is 47.4 Å². The third kappa shape index (κ3) is 4.18. The van der Waals surface area contributed by atoms with Crippen LogP contribution in [0.4, 0.5) is 0 Å². The number of benzene rings is 1. The van der Waals surface area contributed by atoms with E-state index in [9.17, 15) is 4.79 Å². The van der Waals surface area contributed by atoms with Crippen LogP contribution in [0.1, 0.15) is 12.0 Å². The Morgan fingerprint density at radius 2 is 2.09 bits per heavy atom. The summed E-state index contributed by atoms with van der Waals surface area (Å²) < 4.78 is 5.83. The second-order valence-electron chi connectivity index (χ2n) is 5.37. The van der Waals surface area contributed by atoms with Crippen molar-refractivity contribution in [3.63, 3.8) is 0 Å². The van der Waals surface area contributed by atoms with Crippen molar-refractivity contribution in [1.82, 2.24) is 4.90 Å². The lowest BCUT2D eigenvalue weighted by atomic mass is 9.93. The van der Waals surface area contributed by atoms with Gasteiger partial charge in [-0.15, -0.1) is 6.58 Å². The first-order chi connectivity index (χ1) is 10.8. The van der Waals surface area contributed by atoms with Gasteiger partial charge >= 0.3 is 0 Å². The molecule has 1 aliphatic rings. The van der Waals surface area contributed by atoms with Crippen LogP contribution in [0.3, 0.4) is 0 Å². The third-order valence-electron chi connectivity index (χ3n) is 3.92. The van der Waals surface area contributed by atoms with E-state index in [-0.39, 0.29) is 17.9 Å². The quantitative estimate of drug-likeness (QED) is 0.570. The van der Waals surface area contributed by atoms with E-state index in [0.29, 0.717) is 19.8 Å². The lowest BCUT2D eigenvalue weighted by molar-refractivity contribution is -0.129. The van der Waals surface area contributed by atoms with Crippen LogP contribution in [-0.4, -0.2) is 30.0 Å². The molecular formula is C19H23NO2. The zero-order chi connectivity index (χ0) is 15.8. The van der Waals surface area contributed by atoms with E-state index in [4.69, 9.17) is 4.74 Å². The average Bonchev–Trinajstić information content (AvgIpc) is 2.59. The first-order valence-corrected chi connectivity index (χ1v) is 7.58. The summed E-state index contributed by atoms with van der Waals surface area (Å²) in [5.41, 5.74) is 1.15. The molecule has 0 spiro atoms. The van der Waals surface area contributed by atoms with Crippen LogP contribution < -0.4 is 0 Å². The van der Waals surface area contributed by atoms with Gasteiger partial charge in [0.1, 0.15) is 0 Å². The van der Waals surface area contributed by atoms with E-state index >= 15 is 0 Å². The van der Waals surface area contributed by atoms with Crippen molar-refractivity contribution >= 4 is 5.91 Å². The Labute approximate surface area is 132 Å². The molecule has 2 rings (SSSR count). The third-order valence-corrected chi connectivity index (χ3v) is 3.92. The fourth-order valence-corrected chi connectivity index (χ4v) is 2.69. The Kier molecular flexibility index (Phi) is 6.16. The molecule has 1 aliphatic heterocycles. The lowest BCUT2D eigenvalue weighted by Crippen LogP contribution is -2.46. The van der Waals surface area contributed by atoms with Crippen molar-refractivity contribution in [2.45, 2.75) is 19.1 Å². The maximum absolute atomic E-state index is 12.0. The average molecular weight is 297 g/mol. The number of carbonyl (C=O) groups is 1. The Balaban J connectivity index is 1.94. The first kappa shape index (κ1) is 16.2. The Hall–Kier alpha value is -2.13. The van der Waals surface area contributed by atoms with Crippen LogP contribution in [0.25, 0.3) is 0 Å². The van der Waals surface area contributed by atoms with Crippen molar-refractivity contribution in [2.75, 3.05) is 13.2 Å². The van der Waals surface area contributed by atoms with Gasteiger partial charge in [0, 0.05) is 18.5 Å². The highest BCUT2D eigenvalue weighted by molar-refractivity contribution is 5.87. The number of ether oxygens (including phenoxy) is 1. The van der Waals surface area contributed by atoms with Crippen LogP contribution in [0, 0.1) is 5.92 Å². The van der Waals surface area contributed by atoms with Gasteiger partial charge in [0.2, 0.25) is 5.91 Å². The molecule has 3 nitrogen and oxygen atoms in total. The summed E-state index contributed by atoms with van der Waals surface area (Å²) in [7, 11) is 0. The highest BCUT2D eigenvalue weighted by atomic mass is 16.5. The van der Waals surface area contributed by atoms with Crippen LogP contribution in [0.15, 0.2) is 67.8 Å². The number of carbonyl (C=O) groups excluding carboxylic acids is 1. The summed E-state index contributed by atoms with van der Waals surface area (Å²) in [6, 6.07) is 10.2. The van der Waals surface area contributed by atoms with Gasteiger partial charge in [-0.05, 0) is 18.1 Å². The number of amides is 1. The van der Waals surface area contributed by atoms with Gasteiger partial charge < -0.3 is 9.64 Å². The van der Waals surface area contributed by atoms with Crippen molar-refractivity contribution in [3.05, 3.63) is 73.4 Å². The summed E-state index contributed by atoms with van der Waals surface area (Å²) in [4.78, 5) is 13.8. The summed E-state index contributed by atoms with van der Waals surface area (Å²) in [5, 5.41) is 0. The second kappa shape index (κ2) is 8.35. The molecule has 0 saturated carbocycles. The van der Waals surface area contributed by atoms with Gasteiger partial charge in [-0.1, -0.05) is 55.1 Å². The molecule has 0 bridgehead atoms. The highest BCUT2D eigenvalue weighted by Gasteiger charge is 2.28. The molecule has 0 saturated heterocycles. The van der Waals surface area contributed by atoms with Crippen LogP contribution >= 0.6 is 0 Å². The van der Waals surface area contributed by atoms with Gasteiger partial charge in [-0.25, -0.2) is 0 Å². The van der Waals surface area contributed by atoms with Crippen molar-refractivity contribution in [2.24, 2.45) is 5.92 Å². The lowest BCUT2D eigenvalue weighted by Gasteiger charge is -2.36. The molecule has 2 atom stereocenters. The molecule has 0 N–H and O–H groups in total. The molecule has 0 aromatic heterocycles. The number of hydrogen-bond acceptors (Lipinski definition) is 2. The smallest absolute Gasteiger partial charge is 0.246 e. The van der Waals surface area contributed by atoms with Crippen molar-refractivity contribution in [1.29, 1.82) is 0 Å². The fourth-order valence-electron chi connectivity index (χ4n) is 2.69. The maximum atomic E-state index is 12.0. The maximum Gasteiger partial charge on any atom is 0.246 e. The molecule has 116 valence electrons. The van der Waals surface area contributed by atoms with Crippen LogP contribution in [0.2, 0.25) is 0 Å². The number of nitrogens with zero attached hydrogens (tertiary/aromatic N) is 1. The SMILES string of the molecule is C=CC(=O)N1CC=CC[C@@H]1[C@H](C=C)COCc1ccccc1. The summed E-state index contributed by atoms with van der Waals surface area (Å²) >= 11 is 0. The topological polar surface area (TPSA) is 29.5 Å². The minimum atomic E-state index is -0.0377. The zero-order valence-electron chi connectivity index (χ0n) is 12.9. The minimum absolute atomic E-state index is 0.0377. The molecule has 1 amide bonds. The number of hydrogen-bond donors (Lipinski definition) is 0. The van der Waals surface area contributed by atoms with Gasteiger partial charge in [-0.2, -0.15) is 0 Å². The Morgan fingerprint density at radius 1 is 1.32 bits per heavy atom. The van der Waals surface area contributed by atoms with E-state index in [1.54, 1.807) is 0 Å². The fraction of sp³-hybridized carbons (Fsp3) is 0.316. The predicted octanol–water partition coefficient (Wildman–Crippen LogP) is 3.35. The van der Waals surface area contributed by atoms with Gasteiger partial charge in [0.15, 0.2) is 0 Å². The predicted molar refractivity (Wildman–Crippen MR) is 89.2 cm³/mol.